The first-order chi connectivity index (χ1) is 12.4. The van der Waals surface area contributed by atoms with Gasteiger partial charge in [0.25, 0.3) is 0 Å². The summed E-state index contributed by atoms with van der Waals surface area (Å²) in [5.74, 6) is 0.812. The van der Waals surface area contributed by atoms with Crippen LogP contribution in [0.25, 0.3) is 0 Å². The number of benzene rings is 1. The lowest BCUT2D eigenvalue weighted by molar-refractivity contribution is 0.0508. The van der Waals surface area contributed by atoms with E-state index in [1.807, 2.05) is 85.1 Å². The summed E-state index contributed by atoms with van der Waals surface area (Å²) in [4.78, 5) is 12.5. The van der Waals surface area contributed by atoms with Crippen LogP contribution < -0.4 is 5.32 Å². The molecule has 2 atom stereocenters. The standard InChI is InChI=1S/C21H27BrNO3S/c1-20(2,3)26-19(24)23-18(14-9-7-10-15(22)13-14)16-11-8-12-17(16)27(25)21(4,5)6/h7-13,18H,1-6H3,(H,23,24)/t18-,27+/m0/s1. The Kier molecular flexibility index (Phi) is 7.17. The summed E-state index contributed by atoms with van der Waals surface area (Å²) in [5, 5.41) is 3.68. The second-order valence-corrected chi connectivity index (χ2v) is 11.5. The minimum absolute atomic E-state index is 0.406. The summed E-state index contributed by atoms with van der Waals surface area (Å²) < 4.78 is 19.0. The molecule has 0 spiro atoms. The second-order valence-electron chi connectivity index (χ2n) is 8.36. The summed E-state index contributed by atoms with van der Waals surface area (Å²) in [7, 11) is -1.22. The highest BCUT2D eigenvalue weighted by Crippen LogP contribution is 2.46. The fourth-order valence-corrected chi connectivity index (χ4v) is 4.29. The van der Waals surface area contributed by atoms with Crippen LogP contribution in [0.1, 0.15) is 53.1 Å². The summed E-state index contributed by atoms with van der Waals surface area (Å²) in [5.41, 5.74) is 0.281. The summed E-state index contributed by atoms with van der Waals surface area (Å²) in [6.45, 7) is 11.3. The Balaban J connectivity index is 2.34. The zero-order chi connectivity index (χ0) is 20.4. The molecule has 5 radical (unpaired) electrons. The van der Waals surface area contributed by atoms with Gasteiger partial charge in [0.2, 0.25) is 0 Å². The van der Waals surface area contributed by atoms with E-state index in [0.29, 0.717) is 0 Å². The first-order valence-electron chi connectivity index (χ1n) is 8.81. The van der Waals surface area contributed by atoms with Gasteiger partial charge in [-0.25, -0.2) is 4.79 Å². The molecule has 0 unspecified atom stereocenters. The maximum absolute atomic E-state index is 13.0. The van der Waals surface area contributed by atoms with E-state index in [2.05, 4.69) is 21.2 Å². The molecule has 1 N–H and O–H groups in total. The summed E-state index contributed by atoms with van der Waals surface area (Å²) >= 11 is 3.48. The molecule has 0 bridgehead atoms. The van der Waals surface area contributed by atoms with Crippen LogP contribution >= 0.6 is 15.9 Å². The van der Waals surface area contributed by atoms with Gasteiger partial charge in [0, 0.05) is 25.9 Å². The molecule has 2 rings (SSSR count). The topological polar surface area (TPSA) is 55.4 Å². The van der Waals surface area contributed by atoms with Crippen LogP contribution in [0.5, 0.6) is 0 Å². The molecule has 4 nitrogen and oxygen atoms in total. The minimum atomic E-state index is -1.22. The highest BCUT2D eigenvalue weighted by atomic mass is 79.9. The van der Waals surface area contributed by atoms with Gasteiger partial charge >= 0.3 is 6.09 Å². The molecule has 1 aliphatic rings. The number of ether oxygens (including phenoxy) is 1. The first-order valence-corrected chi connectivity index (χ1v) is 10.8. The molecule has 6 heteroatoms. The van der Waals surface area contributed by atoms with E-state index in [-0.39, 0.29) is 0 Å². The molecule has 1 aromatic rings. The molecular weight excluding hydrogens is 426 g/mol. The van der Waals surface area contributed by atoms with Crippen molar-refractivity contribution in [2.45, 2.75) is 57.9 Å². The number of nitrogens with one attached hydrogen (secondary N) is 1. The van der Waals surface area contributed by atoms with Crippen LogP contribution in [0.3, 0.4) is 0 Å². The number of rotatable bonds is 4. The highest BCUT2D eigenvalue weighted by molar-refractivity contribution is 9.10. The molecule has 1 amide bonds. The molecule has 0 aromatic heterocycles. The number of hydrogen-bond donors (Lipinski definition) is 1. The number of halogens is 1. The zero-order valence-electron chi connectivity index (χ0n) is 16.6. The maximum atomic E-state index is 13.0. The average molecular weight is 453 g/mol. The van der Waals surface area contributed by atoms with Gasteiger partial charge < -0.3 is 10.1 Å². The van der Waals surface area contributed by atoms with Gasteiger partial charge in [0.15, 0.2) is 0 Å². The third kappa shape index (κ3) is 6.31. The Hall–Kier alpha value is -0.880. The van der Waals surface area contributed by atoms with Gasteiger partial charge in [-0.1, -0.05) is 28.1 Å². The Bertz CT molecular complexity index is 693. The first kappa shape index (κ1) is 22.4. The van der Waals surface area contributed by atoms with Gasteiger partial charge in [-0.3, -0.25) is 4.21 Å². The van der Waals surface area contributed by atoms with Crippen molar-refractivity contribution in [2.75, 3.05) is 0 Å². The van der Waals surface area contributed by atoms with E-state index in [0.717, 1.165) is 21.2 Å². The monoisotopic (exact) mass is 452 g/mol. The predicted molar refractivity (Wildman–Crippen MR) is 114 cm³/mol. The van der Waals surface area contributed by atoms with E-state index in [9.17, 15) is 9.00 Å². The van der Waals surface area contributed by atoms with Gasteiger partial charge in [0.05, 0.1) is 11.3 Å². The van der Waals surface area contributed by atoms with E-state index in [4.69, 9.17) is 4.74 Å². The van der Waals surface area contributed by atoms with Crippen molar-refractivity contribution >= 4 is 32.8 Å². The predicted octanol–water partition coefficient (Wildman–Crippen LogP) is 5.30. The molecule has 0 aliphatic heterocycles. The van der Waals surface area contributed by atoms with E-state index in [1.54, 1.807) is 0 Å². The largest absolute Gasteiger partial charge is 0.444 e. The van der Waals surface area contributed by atoms with Crippen molar-refractivity contribution in [2.24, 2.45) is 0 Å². The van der Waals surface area contributed by atoms with Crippen LogP contribution in [-0.2, 0) is 15.5 Å². The summed E-state index contributed by atoms with van der Waals surface area (Å²) in [6, 6.07) is 7.25. The highest BCUT2D eigenvalue weighted by Gasteiger charge is 2.44. The fraction of sp³-hybridized carbons (Fsp3) is 0.429. The Morgan fingerprint density at radius 2 is 1.81 bits per heavy atom. The molecule has 1 fully saturated rings. The van der Waals surface area contributed by atoms with Crippen LogP contribution in [0, 0.1) is 30.4 Å². The lowest BCUT2D eigenvalue weighted by Crippen LogP contribution is -2.39. The smallest absolute Gasteiger partial charge is 0.408 e. The molecule has 27 heavy (non-hydrogen) atoms. The number of alkyl carbamates (subject to hydrolysis) is 1. The van der Waals surface area contributed by atoms with Crippen LogP contribution in [0.4, 0.5) is 4.79 Å². The van der Waals surface area contributed by atoms with Crippen molar-refractivity contribution < 1.29 is 13.7 Å². The van der Waals surface area contributed by atoms with Crippen LogP contribution in [0.15, 0.2) is 28.7 Å². The molecular formula is C21H27BrNO3S. The quantitative estimate of drug-likeness (QED) is 0.674. The molecule has 1 saturated carbocycles. The fourth-order valence-electron chi connectivity index (χ4n) is 2.61. The summed E-state index contributed by atoms with van der Waals surface area (Å²) in [6.07, 6.45) is 5.12. The van der Waals surface area contributed by atoms with Crippen molar-refractivity contribution in [1.82, 2.24) is 5.32 Å². The lowest BCUT2D eigenvalue weighted by Gasteiger charge is -2.32. The van der Waals surface area contributed by atoms with Gasteiger partial charge in [-0.15, -0.1) is 0 Å². The Labute approximate surface area is 174 Å². The third-order valence-electron chi connectivity index (χ3n) is 3.72. The normalized spacial score (nSPS) is 18.9. The second kappa shape index (κ2) is 8.64. The molecule has 1 aliphatic carbocycles. The number of carbonyl (C=O) groups excluding carboxylic acids is 1. The van der Waals surface area contributed by atoms with E-state index < -0.39 is 33.3 Å². The van der Waals surface area contributed by atoms with Crippen molar-refractivity contribution in [3.63, 3.8) is 0 Å². The van der Waals surface area contributed by atoms with Gasteiger partial charge in [-0.2, -0.15) is 0 Å². The molecule has 0 heterocycles. The number of amides is 1. The lowest BCUT2D eigenvalue weighted by atomic mass is 9.91. The van der Waals surface area contributed by atoms with Crippen molar-refractivity contribution in [3.05, 3.63) is 64.7 Å². The zero-order valence-corrected chi connectivity index (χ0v) is 19.0. The Morgan fingerprint density at radius 3 is 2.37 bits per heavy atom. The average Bonchev–Trinajstić information content (AvgIpc) is 2.98. The van der Waals surface area contributed by atoms with Crippen LogP contribution in [-0.4, -0.2) is 20.7 Å². The van der Waals surface area contributed by atoms with Gasteiger partial charge in [0.1, 0.15) is 5.60 Å². The Morgan fingerprint density at radius 1 is 1.15 bits per heavy atom. The van der Waals surface area contributed by atoms with Crippen molar-refractivity contribution in [3.8, 4) is 0 Å². The molecule has 147 valence electrons. The van der Waals surface area contributed by atoms with Gasteiger partial charge in [-0.05, 0) is 78.5 Å². The molecule has 1 aromatic carbocycles. The van der Waals surface area contributed by atoms with E-state index >= 15 is 0 Å². The van der Waals surface area contributed by atoms with E-state index in [1.165, 1.54) is 0 Å². The maximum Gasteiger partial charge on any atom is 0.408 e. The number of carbonyl (C=O) groups is 1. The SMILES string of the molecule is CC(C)(C)OC(=O)N[C@H]([C]1[CH][CH][CH][C]1[S@@](=O)C(C)(C)C)c1cccc(Br)c1. The van der Waals surface area contributed by atoms with Crippen molar-refractivity contribution in [1.29, 1.82) is 0 Å². The minimum Gasteiger partial charge on any atom is -0.444 e. The molecule has 0 saturated heterocycles. The third-order valence-corrected chi connectivity index (χ3v) is 6.09. The number of hydrogen-bond acceptors (Lipinski definition) is 3. The van der Waals surface area contributed by atoms with Crippen LogP contribution in [0.2, 0.25) is 0 Å².